The van der Waals surface area contributed by atoms with Crippen LogP contribution in [0.3, 0.4) is 0 Å². The zero-order valence-corrected chi connectivity index (χ0v) is 38.1. The molecule has 1 nitrogen and oxygen atoms in total. The van der Waals surface area contributed by atoms with Crippen LogP contribution in [0.25, 0.3) is 99.4 Å². The third kappa shape index (κ3) is 8.18. The maximum Gasteiger partial charge on any atom is 0.0462 e. The van der Waals surface area contributed by atoms with Crippen LogP contribution in [0, 0.1) is 0 Å². The molecule has 0 heterocycles. The number of benzene rings is 12. The van der Waals surface area contributed by atoms with Gasteiger partial charge in [0, 0.05) is 17.1 Å². The molecule has 0 radical (unpaired) electrons. The number of hydrogen-bond acceptors (Lipinski definition) is 1. The Morgan fingerprint density at radius 3 is 1.22 bits per heavy atom. The molecule has 0 aromatic heterocycles. The van der Waals surface area contributed by atoms with Crippen LogP contribution in [0.15, 0.2) is 285 Å². The Bertz CT molecular complexity index is 3720. The van der Waals surface area contributed by atoms with Gasteiger partial charge in [0.25, 0.3) is 0 Å². The highest BCUT2D eigenvalue weighted by Gasteiger charge is 2.17. The molecule has 0 fully saturated rings. The van der Waals surface area contributed by atoms with Gasteiger partial charge in [-0.25, -0.2) is 0 Å². The van der Waals surface area contributed by atoms with Gasteiger partial charge in [0.2, 0.25) is 0 Å². The molecule has 324 valence electrons. The van der Waals surface area contributed by atoms with E-state index >= 15 is 0 Å². The monoisotopic (exact) mass is 877 g/mol. The Balaban J connectivity index is 0.932. The molecule has 0 aliphatic heterocycles. The maximum absolute atomic E-state index is 2.37. The topological polar surface area (TPSA) is 3.24 Å². The van der Waals surface area contributed by atoms with Crippen LogP contribution in [0.5, 0.6) is 0 Å². The molecule has 0 unspecified atom stereocenters. The number of nitrogens with zero attached hydrogens (tertiary/aromatic N) is 1. The van der Waals surface area contributed by atoms with Gasteiger partial charge < -0.3 is 4.90 Å². The Morgan fingerprint density at radius 2 is 0.594 bits per heavy atom. The van der Waals surface area contributed by atoms with E-state index in [1.165, 1.54) is 93.9 Å². The predicted octanol–water partition coefficient (Wildman–Crippen LogP) is 19.1. The molecule has 0 amide bonds. The third-order valence-electron chi connectivity index (χ3n) is 13.5. The average molecular weight is 878 g/mol. The summed E-state index contributed by atoms with van der Waals surface area (Å²) in [6.45, 7) is 0. The molecule has 0 saturated carbocycles. The van der Waals surface area contributed by atoms with Crippen LogP contribution in [-0.2, 0) is 0 Å². The lowest BCUT2D eigenvalue weighted by molar-refractivity contribution is 1.28. The number of fused-ring (bicyclic) bond motifs is 2. The fraction of sp³-hybridized carbons (Fsp3) is 0. The smallest absolute Gasteiger partial charge is 0.0462 e. The first kappa shape index (κ1) is 41.4. The van der Waals surface area contributed by atoms with Crippen LogP contribution < -0.4 is 4.90 Å². The number of anilines is 3. The average Bonchev–Trinajstić information content (AvgIpc) is 3.44. The van der Waals surface area contributed by atoms with Gasteiger partial charge in [-0.3, -0.25) is 0 Å². The van der Waals surface area contributed by atoms with Crippen LogP contribution in [0.4, 0.5) is 17.1 Å². The Labute approximate surface area is 404 Å². The zero-order valence-electron chi connectivity index (χ0n) is 38.1. The van der Waals surface area contributed by atoms with Gasteiger partial charge in [-0.15, -0.1) is 0 Å². The highest BCUT2D eigenvalue weighted by atomic mass is 15.1. The van der Waals surface area contributed by atoms with Gasteiger partial charge in [-0.1, -0.05) is 237 Å². The van der Waals surface area contributed by atoms with Gasteiger partial charge in [0.05, 0.1) is 0 Å². The van der Waals surface area contributed by atoms with Crippen molar-refractivity contribution in [3.05, 3.63) is 285 Å². The van der Waals surface area contributed by atoms with Crippen LogP contribution in [0.1, 0.15) is 0 Å². The molecule has 0 atom stereocenters. The van der Waals surface area contributed by atoms with Gasteiger partial charge in [0.15, 0.2) is 0 Å². The van der Waals surface area contributed by atoms with E-state index in [1.807, 2.05) is 0 Å². The highest BCUT2D eigenvalue weighted by Crippen LogP contribution is 2.43. The minimum absolute atomic E-state index is 1.08. The Morgan fingerprint density at radius 1 is 0.188 bits per heavy atom. The molecule has 12 aromatic carbocycles. The fourth-order valence-electron chi connectivity index (χ4n) is 10.1. The number of rotatable bonds is 10. The molecule has 0 N–H and O–H groups in total. The van der Waals surface area contributed by atoms with E-state index in [9.17, 15) is 0 Å². The quantitative estimate of drug-likeness (QED) is 0.132. The van der Waals surface area contributed by atoms with Crippen molar-refractivity contribution in [1.29, 1.82) is 0 Å². The van der Waals surface area contributed by atoms with Crippen molar-refractivity contribution < 1.29 is 0 Å². The second kappa shape index (κ2) is 18.3. The second-order valence-electron chi connectivity index (χ2n) is 17.7. The molecule has 0 bridgehead atoms. The molecular weight excluding hydrogens is 831 g/mol. The van der Waals surface area contributed by atoms with Crippen molar-refractivity contribution in [2.24, 2.45) is 0 Å². The van der Waals surface area contributed by atoms with Crippen molar-refractivity contribution in [2.45, 2.75) is 0 Å². The first-order chi connectivity index (χ1) is 34.2. The molecule has 0 aliphatic carbocycles. The number of hydrogen-bond donors (Lipinski definition) is 0. The normalized spacial score (nSPS) is 11.2. The summed E-state index contributed by atoms with van der Waals surface area (Å²) in [6.07, 6.45) is 0. The van der Waals surface area contributed by atoms with E-state index in [0.717, 1.165) is 22.6 Å². The van der Waals surface area contributed by atoms with Crippen LogP contribution in [0.2, 0.25) is 0 Å². The van der Waals surface area contributed by atoms with Gasteiger partial charge >= 0.3 is 0 Å². The van der Waals surface area contributed by atoms with E-state index in [2.05, 4.69) is 290 Å². The van der Waals surface area contributed by atoms with E-state index < -0.39 is 0 Å². The van der Waals surface area contributed by atoms with Crippen molar-refractivity contribution in [2.75, 3.05) is 4.90 Å². The third-order valence-corrected chi connectivity index (χ3v) is 13.5. The summed E-state index contributed by atoms with van der Waals surface area (Å²) < 4.78 is 0. The summed E-state index contributed by atoms with van der Waals surface area (Å²) in [6, 6.07) is 104. The molecule has 0 spiro atoms. The van der Waals surface area contributed by atoms with Crippen molar-refractivity contribution in [3.8, 4) is 77.9 Å². The fourth-order valence-corrected chi connectivity index (χ4v) is 10.1. The SMILES string of the molecule is c1ccc(-c2ccc(-c3ccc(N(c4ccc(-c5cccc(-c6cccc7ccccc67)c5)cc4)c4ccc(-c5ccc6ccccc6c5-c5ccccc5)cc4)cc3)cc2-c2ccccc2)cc1. The molecule has 0 aliphatic rings. The summed E-state index contributed by atoms with van der Waals surface area (Å²) in [5.41, 5.74) is 20.1. The second-order valence-corrected chi connectivity index (χ2v) is 17.7. The van der Waals surface area contributed by atoms with Crippen LogP contribution in [-0.4, -0.2) is 0 Å². The molecule has 12 rings (SSSR count). The lowest BCUT2D eigenvalue weighted by Crippen LogP contribution is -2.09. The maximum atomic E-state index is 2.37. The standard InChI is InChI=1S/C68H47N/c1-4-16-50(17-5-1)64-44-37-57(47-67(64)52-18-6-2-7-19-52)49-32-40-60(41-33-49)69(59-38-30-48(31-39-59)56-25-14-26-58(46-56)63-29-15-24-51-20-10-12-27-62(51)63)61-42-34-54(35-43-61)66-45-36-53-21-11-13-28-65(53)68(66)55-22-8-3-9-23-55/h1-47H. The van der Waals surface area contributed by atoms with Crippen molar-refractivity contribution >= 4 is 38.6 Å². The summed E-state index contributed by atoms with van der Waals surface area (Å²) in [4.78, 5) is 2.37. The summed E-state index contributed by atoms with van der Waals surface area (Å²) in [5, 5.41) is 4.99. The van der Waals surface area contributed by atoms with E-state index in [-0.39, 0.29) is 0 Å². The Kier molecular flexibility index (Phi) is 11.0. The van der Waals surface area contributed by atoms with E-state index in [1.54, 1.807) is 0 Å². The lowest BCUT2D eigenvalue weighted by Gasteiger charge is -2.26. The highest BCUT2D eigenvalue weighted by molar-refractivity contribution is 6.04. The molecule has 69 heavy (non-hydrogen) atoms. The Hall–Kier alpha value is -9.04. The van der Waals surface area contributed by atoms with Crippen molar-refractivity contribution in [3.63, 3.8) is 0 Å². The molecule has 0 saturated heterocycles. The molecular formula is C68H47N. The van der Waals surface area contributed by atoms with Gasteiger partial charge in [-0.05, 0) is 148 Å². The summed E-state index contributed by atoms with van der Waals surface area (Å²) in [5.74, 6) is 0. The van der Waals surface area contributed by atoms with Gasteiger partial charge in [0.1, 0.15) is 0 Å². The zero-order chi connectivity index (χ0) is 45.9. The lowest BCUT2D eigenvalue weighted by atomic mass is 9.90. The first-order valence-electron chi connectivity index (χ1n) is 23.7. The predicted molar refractivity (Wildman–Crippen MR) is 294 cm³/mol. The van der Waals surface area contributed by atoms with E-state index in [4.69, 9.17) is 0 Å². The summed E-state index contributed by atoms with van der Waals surface area (Å²) in [7, 11) is 0. The largest absolute Gasteiger partial charge is 0.311 e. The molecule has 12 aromatic rings. The van der Waals surface area contributed by atoms with Gasteiger partial charge in [-0.2, -0.15) is 0 Å². The minimum atomic E-state index is 1.08. The van der Waals surface area contributed by atoms with Crippen LogP contribution >= 0.6 is 0 Å². The van der Waals surface area contributed by atoms with Crippen molar-refractivity contribution in [1.82, 2.24) is 0 Å². The van der Waals surface area contributed by atoms with E-state index in [0.29, 0.717) is 0 Å². The molecule has 1 heteroatoms. The minimum Gasteiger partial charge on any atom is -0.311 e. The first-order valence-corrected chi connectivity index (χ1v) is 23.7. The summed E-state index contributed by atoms with van der Waals surface area (Å²) >= 11 is 0.